The molecule has 4 heteroatoms. The maximum atomic E-state index is 12.0. The van der Waals surface area contributed by atoms with E-state index in [4.69, 9.17) is 5.26 Å². The van der Waals surface area contributed by atoms with Gasteiger partial charge in [-0.3, -0.25) is 9.69 Å². The van der Waals surface area contributed by atoms with Crippen molar-refractivity contribution in [3.05, 3.63) is 29.8 Å². The standard InChI is InChI=1S/C14H17N3O/c1-17-10-2-3-13(17)14(18)16-12-6-4-11(5-7-12)8-9-15/h4-7,13H,2-3,8,10H2,1H3,(H,16,18). The number of nitrogens with one attached hydrogen (secondary N) is 1. The fourth-order valence-corrected chi connectivity index (χ4v) is 2.26. The van der Waals surface area contributed by atoms with Gasteiger partial charge in [-0.2, -0.15) is 5.26 Å². The summed E-state index contributed by atoms with van der Waals surface area (Å²) in [6.07, 6.45) is 2.41. The molecule has 1 unspecified atom stereocenters. The number of carbonyl (C=O) groups is 1. The molecule has 0 spiro atoms. The van der Waals surface area contributed by atoms with Gasteiger partial charge in [0.05, 0.1) is 18.5 Å². The van der Waals surface area contributed by atoms with Crippen LogP contribution in [0.4, 0.5) is 5.69 Å². The van der Waals surface area contributed by atoms with Crippen LogP contribution in [0.25, 0.3) is 0 Å². The normalized spacial score (nSPS) is 19.4. The second kappa shape index (κ2) is 5.65. The molecule has 0 aromatic heterocycles. The number of amides is 1. The number of anilines is 1. The largest absolute Gasteiger partial charge is 0.325 e. The Balaban J connectivity index is 1.97. The second-order valence-corrected chi connectivity index (χ2v) is 4.66. The molecule has 1 fully saturated rings. The summed E-state index contributed by atoms with van der Waals surface area (Å²) >= 11 is 0. The highest BCUT2D eigenvalue weighted by Gasteiger charge is 2.27. The first kappa shape index (κ1) is 12.6. The summed E-state index contributed by atoms with van der Waals surface area (Å²) in [6.45, 7) is 0.985. The molecule has 0 bridgehead atoms. The van der Waals surface area contributed by atoms with E-state index >= 15 is 0 Å². The molecule has 4 nitrogen and oxygen atoms in total. The van der Waals surface area contributed by atoms with Gasteiger partial charge in [-0.05, 0) is 44.1 Å². The molecule has 1 atom stereocenters. The minimum atomic E-state index is -0.0104. The van der Waals surface area contributed by atoms with E-state index in [0.717, 1.165) is 30.6 Å². The maximum Gasteiger partial charge on any atom is 0.241 e. The number of hydrogen-bond donors (Lipinski definition) is 1. The van der Waals surface area contributed by atoms with Crippen molar-refractivity contribution in [2.24, 2.45) is 0 Å². The van der Waals surface area contributed by atoms with Gasteiger partial charge >= 0.3 is 0 Å². The van der Waals surface area contributed by atoms with Crippen LogP contribution in [0.15, 0.2) is 24.3 Å². The first-order valence-corrected chi connectivity index (χ1v) is 6.17. The third kappa shape index (κ3) is 2.88. The molecular formula is C14H17N3O. The molecule has 1 amide bonds. The van der Waals surface area contributed by atoms with Gasteiger partial charge in [0.15, 0.2) is 0 Å². The minimum absolute atomic E-state index is 0.0104. The van der Waals surface area contributed by atoms with Crippen LogP contribution >= 0.6 is 0 Å². The molecule has 0 aliphatic carbocycles. The Morgan fingerprint density at radius 2 is 2.22 bits per heavy atom. The maximum absolute atomic E-state index is 12.0. The lowest BCUT2D eigenvalue weighted by Crippen LogP contribution is -2.37. The zero-order valence-electron chi connectivity index (χ0n) is 10.5. The number of nitriles is 1. The zero-order chi connectivity index (χ0) is 13.0. The van der Waals surface area contributed by atoms with Crippen molar-refractivity contribution in [2.45, 2.75) is 25.3 Å². The number of nitrogens with zero attached hydrogens (tertiary/aromatic N) is 2. The van der Waals surface area contributed by atoms with Gasteiger partial charge in [0.25, 0.3) is 0 Å². The molecule has 2 rings (SSSR count). The third-order valence-electron chi connectivity index (χ3n) is 3.33. The highest BCUT2D eigenvalue weighted by Crippen LogP contribution is 2.17. The zero-order valence-corrected chi connectivity index (χ0v) is 10.5. The van der Waals surface area contributed by atoms with Crippen molar-refractivity contribution in [1.29, 1.82) is 5.26 Å². The average molecular weight is 243 g/mol. The second-order valence-electron chi connectivity index (χ2n) is 4.66. The monoisotopic (exact) mass is 243 g/mol. The number of likely N-dealkylation sites (N-methyl/N-ethyl adjacent to an activating group) is 1. The molecule has 1 aromatic carbocycles. The quantitative estimate of drug-likeness (QED) is 0.880. The van der Waals surface area contributed by atoms with Gasteiger partial charge in [0.1, 0.15) is 0 Å². The molecule has 1 aliphatic rings. The van der Waals surface area contributed by atoms with E-state index in [1.54, 1.807) is 0 Å². The predicted octanol–water partition coefficient (Wildman–Crippen LogP) is 1.79. The highest BCUT2D eigenvalue weighted by atomic mass is 16.2. The third-order valence-corrected chi connectivity index (χ3v) is 3.33. The number of rotatable bonds is 3. The minimum Gasteiger partial charge on any atom is -0.325 e. The summed E-state index contributed by atoms with van der Waals surface area (Å²) < 4.78 is 0. The van der Waals surface area contributed by atoms with Crippen LogP contribution < -0.4 is 5.32 Å². The van der Waals surface area contributed by atoms with E-state index in [2.05, 4.69) is 16.3 Å². The summed E-state index contributed by atoms with van der Waals surface area (Å²) in [7, 11) is 1.98. The SMILES string of the molecule is CN1CCCC1C(=O)Nc1ccc(CC#N)cc1. The van der Waals surface area contributed by atoms with Gasteiger partial charge in [0, 0.05) is 5.69 Å². The van der Waals surface area contributed by atoms with Gasteiger partial charge in [-0.15, -0.1) is 0 Å². The van der Waals surface area contributed by atoms with Gasteiger partial charge in [-0.25, -0.2) is 0 Å². The first-order valence-electron chi connectivity index (χ1n) is 6.17. The van der Waals surface area contributed by atoms with Crippen LogP contribution in [-0.4, -0.2) is 30.4 Å². The van der Waals surface area contributed by atoms with Crippen LogP contribution in [0, 0.1) is 11.3 Å². The highest BCUT2D eigenvalue weighted by molar-refractivity contribution is 5.95. The molecule has 1 aromatic rings. The van der Waals surface area contributed by atoms with Crippen molar-refractivity contribution < 1.29 is 4.79 Å². The first-order chi connectivity index (χ1) is 8.70. The van der Waals surface area contributed by atoms with Crippen LogP contribution in [-0.2, 0) is 11.2 Å². The molecule has 0 saturated carbocycles. The van der Waals surface area contributed by atoms with E-state index in [1.807, 2.05) is 31.3 Å². The van der Waals surface area contributed by atoms with Crippen LogP contribution in [0.1, 0.15) is 18.4 Å². The molecule has 1 aliphatic heterocycles. The summed E-state index contributed by atoms with van der Waals surface area (Å²) in [5.74, 6) is 0.0584. The molecule has 0 radical (unpaired) electrons. The number of carbonyl (C=O) groups excluding carboxylic acids is 1. The summed E-state index contributed by atoms with van der Waals surface area (Å²) in [4.78, 5) is 14.1. The molecule has 18 heavy (non-hydrogen) atoms. The van der Waals surface area contributed by atoms with Gasteiger partial charge < -0.3 is 5.32 Å². The lowest BCUT2D eigenvalue weighted by atomic mass is 10.1. The van der Waals surface area contributed by atoms with E-state index in [0.29, 0.717) is 6.42 Å². The number of likely N-dealkylation sites (tertiary alicyclic amines) is 1. The van der Waals surface area contributed by atoms with Crippen molar-refractivity contribution in [3.8, 4) is 6.07 Å². The lowest BCUT2D eigenvalue weighted by Gasteiger charge is -2.18. The Morgan fingerprint density at radius 1 is 1.50 bits per heavy atom. The van der Waals surface area contributed by atoms with Crippen LogP contribution in [0.5, 0.6) is 0 Å². The van der Waals surface area contributed by atoms with E-state index < -0.39 is 0 Å². The average Bonchev–Trinajstić information content (AvgIpc) is 2.78. The summed E-state index contributed by atoms with van der Waals surface area (Å²) in [5, 5.41) is 11.5. The molecular weight excluding hydrogens is 226 g/mol. The van der Waals surface area contributed by atoms with Crippen molar-refractivity contribution in [2.75, 3.05) is 18.9 Å². The molecule has 1 N–H and O–H groups in total. The smallest absolute Gasteiger partial charge is 0.241 e. The van der Waals surface area contributed by atoms with Gasteiger partial charge in [-0.1, -0.05) is 12.1 Å². The lowest BCUT2D eigenvalue weighted by molar-refractivity contribution is -0.119. The Bertz CT molecular complexity index is 461. The van der Waals surface area contributed by atoms with Crippen molar-refractivity contribution >= 4 is 11.6 Å². The Kier molecular flexibility index (Phi) is 3.96. The van der Waals surface area contributed by atoms with Crippen molar-refractivity contribution in [3.63, 3.8) is 0 Å². The fourth-order valence-electron chi connectivity index (χ4n) is 2.26. The van der Waals surface area contributed by atoms with Crippen LogP contribution in [0.2, 0.25) is 0 Å². The summed E-state index contributed by atoms with van der Waals surface area (Å²) in [5.41, 5.74) is 1.76. The Morgan fingerprint density at radius 3 is 2.78 bits per heavy atom. The Labute approximate surface area is 107 Å². The Hall–Kier alpha value is -1.86. The summed E-state index contributed by atoms with van der Waals surface area (Å²) in [6, 6.07) is 9.53. The van der Waals surface area contributed by atoms with Crippen molar-refractivity contribution in [1.82, 2.24) is 4.90 Å². The van der Waals surface area contributed by atoms with E-state index in [-0.39, 0.29) is 11.9 Å². The number of hydrogen-bond acceptors (Lipinski definition) is 3. The fraction of sp³-hybridized carbons (Fsp3) is 0.429. The van der Waals surface area contributed by atoms with Crippen LogP contribution in [0.3, 0.4) is 0 Å². The molecule has 1 saturated heterocycles. The topological polar surface area (TPSA) is 56.1 Å². The van der Waals surface area contributed by atoms with E-state index in [1.165, 1.54) is 0 Å². The molecule has 1 heterocycles. The van der Waals surface area contributed by atoms with Gasteiger partial charge in [0.2, 0.25) is 5.91 Å². The van der Waals surface area contributed by atoms with E-state index in [9.17, 15) is 4.79 Å². The molecule has 94 valence electrons. The number of benzene rings is 1. The predicted molar refractivity (Wildman–Crippen MR) is 70.0 cm³/mol.